The number of pyridine rings is 1. The molecule has 1 aliphatic rings. The predicted molar refractivity (Wildman–Crippen MR) is 148 cm³/mol. The number of hydrogen-bond acceptors (Lipinski definition) is 6. The number of aromatic nitrogens is 4. The fourth-order valence-corrected chi connectivity index (χ4v) is 6.08. The molecule has 10 heteroatoms. The molecular formula is C27H34N6O3S. The number of carbonyl (C=O) groups excluding carboxylic acids is 1. The summed E-state index contributed by atoms with van der Waals surface area (Å²) in [5, 5.41) is 4.22. The maximum absolute atomic E-state index is 13.5. The highest BCUT2D eigenvalue weighted by molar-refractivity contribution is 7.20. The summed E-state index contributed by atoms with van der Waals surface area (Å²) in [6.07, 6.45) is 4.37. The van der Waals surface area contributed by atoms with Gasteiger partial charge in [-0.3, -0.25) is 24.4 Å². The second-order valence-corrected chi connectivity index (χ2v) is 10.6. The molecule has 1 saturated heterocycles. The number of unbranched alkanes of at least 4 members (excludes halogenated alkanes) is 2. The molecule has 0 radical (unpaired) electrons. The molecule has 1 amide bonds. The van der Waals surface area contributed by atoms with Gasteiger partial charge >= 0.3 is 0 Å². The Morgan fingerprint density at radius 1 is 1.05 bits per heavy atom. The molecule has 5 rings (SSSR count). The van der Waals surface area contributed by atoms with E-state index in [1.165, 1.54) is 22.1 Å². The van der Waals surface area contributed by atoms with Gasteiger partial charge in [0, 0.05) is 57.4 Å². The zero-order valence-corrected chi connectivity index (χ0v) is 22.4. The van der Waals surface area contributed by atoms with Gasteiger partial charge in [-0.25, -0.2) is 4.98 Å². The van der Waals surface area contributed by atoms with Crippen LogP contribution in [0.4, 0.5) is 0 Å². The van der Waals surface area contributed by atoms with E-state index in [1.807, 2.05) is 36.1 Å². The fourth-order valence-electron chi connectivity index (χ4n) is 5.16. The highest BCUT2D eigenvalue weighted by Crippen LogP contribution is 2.24. The first-order valence-electron chi connectivity index (χ1n) is 13.2. The quantitative estimate of drug-likeness (QED) is 0.340. The van der Waals surface area contributed by atoms with E-state index in [0.29, 0.717) is 42.0 Å². The van der Waals surface area contributed by atoms with Crippen LogP contribution >= 0.6 is 11.3 Å². The number of hydrogen-bond donors (Lipinski definition) is 1. The Morgan fingerprint density at radius 3 is 2.57 bits per heavy atom. The number of nitrogens with zero attached hydrogens (tertiary/aromatic N) is 5. The number of nitrogens with one attached hydrogen (secondary N) is 1. The molecule has 4 aromatic rings. The number of benzene rings is 1. The molecule has 37 heavy (non-hydrogen) atoms. The van der Waals surface area contributed by atoms with Gasteiger partial charge < -0.3 is 9.47 Å². The maximum Gasteiger partial charge on any atom is 0.282 e. The lowest BCUT2D eigenvalue weighted by molar-refractivity contribution is -0.133. The first kappa shape index (κ1) is 25.4. The van der Waals surface area contributed by atoms with Crippen LogP contribution in [-0.4, -0.2) is 67.8 Å². The van der Waals surface area contributed by atoms with Gasteiger partial charge in [0.2, 0.25) is 11.0 Å². The number of fused-ring (bicyclic) bond motifs is 2. The summed E-state index contributed by atoms with van der Waals surface area (Å²) in [6.45, 7) is 8.38. The zero-order chi connectivity index (χ0) is 25.9. The number of amides is 1. The molecule has 196 valence electrons. The third-order valence-electron chi connectivity index (χ3n) is 7.23. The minimum absolute atomic E-state index is 0.119. The van der Waals surface area contributed by atoms with Crippen molar-refractivity contribution in [3.63, 3.8) is 0 Å². The molecule has 1 fully saturated rings. The van der Waals surface area contributed by atoms with Crippen LogP contribution in [0.1, 0.15) is 45.2 Å². The Hall–Kier alpha value is -3.24. The first-order chi connectivity index (χ1) is 18.0. The lowest BCUT2D eigenvalue weighted by Gasteiger charge is -2.35. The predicted octanol–water partition coefficient (Wildman–Crippen LogP) is 3.38. The number of carbonyl (C=O) groups is 1. The molecule has 0 spiro atoms. The number of rotatable bonds is 9. The van der Waals surface area contributed by atoms with E-state index < -0.39 is 0 Å². The monoisotopic (exact) mass is 522 g/mol. The smallest absolute Gasteiger partial charge is 0.282 e. The van der Waals surface area contributed by atoms with E-state index in [2.05, 4.69) is 21.9 Å². The fraction of sp³-hybridized carbons (Fsp3) is 0.481. The maximum atomic E-state index is 13.5. The molecule has 1 aliphatic heterocycles. The van der Waals surface area contributed by atoms with Crippen LogP contribution in [0.25, 0.3) is 26.3 Å². The van der Waals surface area contributed by atoms with Crippen molar-refractivity contribution < 1.29 is 4.79 Å². The van der Waals surface area contributed by atoms with Gasteiger partial charge in [-0.2, -0.15) is 4.68 Å². The normalized spacial score (nSPS) is 14.7. The Kier molecular flexibility index (Phi) is 7.57. The molecule has 4 heterocycles. The number of thiazole rings is 1. The van der Waals surface area contributed by atoms with Gasteiger partial charge in [-0.05, 0) is 25.0 Å². The van der Waals surface area contributed by atoms with Crippen molar-refractivity contribution in [1.82, 2.24) is 29.1 Å². The molecule has 1 N–H and O–H groups in total. The van der Waals surface area contributed by atoms with Crippen LogP contribution in [0.15, 0.2) is 39.9 Å². The molecular weight excluding hydrogens is 488 g/mol. The topological polar surface area (TPSA) is 96.2 Å². The van der Waals surface area contributed by atoms with Gasteiger partial charge in [0.05, 0.1) is 21.1 Å². The summed E-state index contributed by atoms with van der Waals surface area (Å²) in [5.74, 6) is 0.250. The average molecular weight is 523 g/mol. The van der Waals surface area contributed by atoms with E-state index in [0.717, 1.165) is 61.4 Å². The second-order valence-electron chi connectivity index (χ2n) is 9.62. The number of piperazine rings is 1. The molecule has 0 saturated carbocycles. The van der Waals surface area contributed by atoms with Crippen molar-refractivity contribution >= 4 is 38.4 Å². The molecule has 1 aromatic carbocycles. The summed E-state index contributed by atoms with van der Waals surface area (Å²) in [5.41, 5.74) is 1.82. The third-order valence-corrected chi connectivity index (χ3v) is 8.26. The summed E-state index contributed by atoms with van der Waals surface area (Å²) in [4.78, 5) is 47.9. The third kappa shape index (κ3) is 5.13. The summed E-state index contributed by atoms with van der Waals surface area (Å²) < 4.78 is 4.19. The molecule has 9 nitrogen and oxygen atoms in total. The summed E-state index contributed by atoms with van der Waals surface area (Å²) >= 11 is 1.44. The second kappa shape index (κ2) is 11.0. The van der Waals surface area contributed by atoms with E-state index >= 15 is 0 Å². The lowest BCUT2D eigenvalue weighted by atomic mass is 10.1. The van der Waals surface area contributed by atoms with Gasteiger partial charge in [0.25, 0.3) is 11.1 Å². The Bertz CT molecular complexity index is 1490. The molecule has 3 aromatic heterocycles. The van der Waals surface area contributed by atoms with E-state index in [9.17, 15) is 14.4 Å². The number of H-pyrrole nitrogens is 1. The first-order valence-corrected chi connectivity index (χ1v) is 14.0. The number of para-hydroxylation sites is 1. The SMILES string of the molecule is CCCCCC(=O)N1CCN(CCn2c(CC)c3c(=O)n(-c4nc5ccccc5s4)[nH]c3cc2=O)CC1. The van der Waals surface area contributed by atoms with E-state index in [4.69, 9.17) is 0 Å². The van der Waals surface area contributed by atoms with Crippen LogP contribution in [0, 0.1) is 0 Å². The van der Waals surface area contributed by atoms with Crippen molar-refractivity contribution in [2.24, 2.45) is 0 Å². The Labute approximate surface area is 219 Å². The van der Waals surface area contributed by atoms with Crippen molar-refractivity contribution in [2.75, 3.05) is 32.7 Å². The van der Waals surface area contributed by atoms with E-state index in [-0.39, 0.29) is 17.0 Å². The molecule has 0 unspecified atom stereocenters. The number of aromatic amines is 1. The van der Waals surface area contributed by atoms with Crippen molar-refractivity contribution in [1.29, 1.82) is 0 Å². The lowest BCUT2D eigenvalue weighted by Crippen LogP contribution is -2.49. The minimum atomic E-state index is -0.185. The van der Waals surface area contributed by atoms with Crippen LogP contribution in [-0.2, 0) is 17.8 Å². The van der Waals surface area contributed by atoms with Crippen LogP contribution < -0.4 is 11.1 Å². The molecule has 0 aliphatic carbocycles. The van der Waals surface area contributed by atoms with Crippen LogP contribution in [0.5, 0.6) is 0 Å². The van der Waals surface area contributed by atoms with Gasteiger partial charge in [0.15, 0.2) is 0 Å². The summed E-state index contributed by atoms with van der Waals surface area (Å²) in [7, 11) is 0. The standard InChI is InChI=1S/C27H34N6O3S/c1-3-5-6-11-23(34)31-15-12-30(13-16-31)14-17-32-21(4-2)25-20(18-24(32)35)29-33(26(25)36)27-28-19-9-7-8-10-22(19)37-27/h7-10,18,29H,3-6,11-17H2,1-2H3. The summed E-state index contributed by atoms with van der Waals surface area (Å²) in [6, 6.07) is 9.30. The average Bonchev–Trinajstić information content (AvgIpc) is 3.48. The Balaban J connectivity index is 1.33. The molecule has 0 atom stereocenters. The van der Waals surface area contributed by atoms with Crippen LogP contribution in [0.2, 0.25) is 0 Å². The highest BCUT2D eigenvalue weighted by atomic mass is 32.1. The highest BCUT2D eigenvalue weighted by Gasteiger charge is 2.22. The van der Waals surface area contributed by atoms with Crippen molar-refractivity contribution in [3.05, 3.63) is 56.7 Å². The van der Waals surface area contributed by atoms with Gasteiger partial charge in [0.1, 0.15) is 0 Å². The van der Waals surface area contributed by atoms with Crippen LogP contribution in [0.3, 0.4) is 0 Å². The zero-order valence-electron chi connectivity index (χ0n) is 21.5. The van der Waals surface area contributed by atoms with E-state index in [1.54, 1.807) is 4.57 Å². The largest absolute Gasteiger partial charge is 0.340 e. The molecule has 0 bridgehead atoms. The van der Waals surface area contributed by atoms with Gasteiger partial charge in [-0.15, -0.1) is 0 Å². The van der Waals surface area contributed by atoms with Gasteiger partial charge in [-0.1, -0.05) is 50.2 Å². The Morgan fingerprint density at radius 2 is 1.84 bits per heavy atom. The van der Waals surface area contributed by atoms with Crippen molar-refractivity contribution in [3.8, 4) is 5.13 Å². The minimum Gasteiger partial charge on any atom is -0.340 e. The van der Waals surface area contributed by atoms with Crippen molar-refractivity contribution in [2.45, 2.75) is 52.5 Å². The number of aryl methyl sites for hydroxylation is 1.